The van der Waals surface area contributed by atoms with Gasteiger partial charge in [-0.3, -0.25) is 10.1 Å². The average molecular weight is 390 g/mol. The zero-order chi connectivity index (χ0) is 20.4. The van der Waals surface area contributed by atoms with E-state index < -0.39 is 17.2 Å². The van der Waals surface area contributed by atoms with E-state index in [0.29, 0.717) is 5.16 Å². The van der Waals surface area contributed by atoms with E-state index >= 15 is 0 Å². The average Bonchev–Trinajstić information content (AvgIpc) is 2.91. The molecule has 2 rings (SSSR count). The van der Waals surface area contributed by atoms with Gasteiger partial charge in [0.1, 0.15) is 0 Å². The van der Waals surface area contributed by atoms with E-state index in [-0.39, 0.29) is 11.3 Å². The molecule has 3 N–H and O–H groups in total. The highest BCUT2D eigenvalue weighted by Crippen LogP contribution is 2.30. The summed E-state index contributed by atoms with van der Waals surface area (Å²) < 4.78 is 1.85. The van der Waals surface area contributed by atoms with Gasteiger partial charge in [0.15, 0.2) is 11.0 Å². The quantitative estimate of drug-likeness (QED) is 0.765. The first-order valence-corrected chi connectivity index (χ1v) is 9.66. The Morgan fingerprint density at radius 1 is 1.15 bits per heavy atom. The van der Waals surface area contributed by atoms with Gasteiger partial charge >= 0.3 is 6.03 Å². The Morgan fingerprint density at radius 2 is 1.74 bits per heavy atom. The Balaban J connectivity index is 2.25. The van der Waals surface area contributed by atoms with Crippen LogP contribution in [-0.4, -0.2) is 32.0 Å². The number of urea groups is 1. The monoisotopic (exact) mass is 389 g/mol. The van der Waals surface area contributed by atoms with Crippen LogP contribution >= 0.6 is 11.8 Å². The summed E-state index contributed by atoms with van der Waals surface area (Å²) in [5.74, 6) is 0.276. The van der Waals surface area contributed by atoms with Crippen molar-refractivity contribution in [2.45, 2.75) is 50.4 Å². The number of primary amides is 1. The van der Waals surface area contributed by atoms with Gasteiger partial charge in [0.05, 0.1) is 5.25 Å². The third-order valence-electron chi connectivity index (χ3n) is 4.19. The SMILES string of the molecule is CC(C)C(Sc1nnc(-c2ccc(C(C)(C)C)cc2)n1C)C(=O)NC(N)=O. The highest BCUT2D eigenvalue weighted by molar-refractivity contribution is 8.00. The Kier molecular flexibility index (Phi) is 6.30. The molecule has 2 aromatic rings. The first-order chi connectivity index (χ1) is 12.5. The van der Waals surface area contributed by atoms with Crippen LogP contribution in [0.5, 0.6) is 0 Å². The first kappa shape index (κ1) is 21.0. The number of nitrogens with two attached hydrogens (primary N) is 1. The van der Waals surface area contributed by atoms with Gasteiger partial charge in [-0.2, -0.15) is 0 Å². The Labute approximate surface area is 164 Å². The van der Waals surface area contributed by atoms with Crippen molar-refractivity contribution in [3.05, 3.63) is 29.8 Å². The molecule has 0 bridgehead atoms. The summed E-state index contributed by atoms with van der Waals surface area (Å²) in [4.78, 5) is 23.2. The summed E-state index contributed by atoms with van der Waals surface area (Å²) in [6.07, 6.45) is 0. The van der Waals surface area contributed by atoms with Crippen molar-refractivity contribution >= 4 is 23.7 Å². The summed E-state index contributed by atoms with van der Waals surface area (Å²) in [7, 11) is 1.86. The summed E-state index contributed by atoms with van der Waals surface area (Å²) in [6, 6.07) is 7.38. The molecule has 1 unspecified atom stereocenters. The zero-order valence-electron chi connectivity index (χ0n) is 16.6. The number of benzene rings is 1. The van der Waals surface area contributed by atoms with Crippen LogP contribution < -0.4 is 11.1 Å². The Hall–Kier alpha value is -2.35. The molecule has 1 aromatic heterocycles. The van der Waals surface area contributed by atoms with Gasteiger partial charge in [0.2, 0.25) is 5.91 Å². The molecule has 146 valence electrons. The molecule has 0 aliphatic rings. The number of aromatic nitrogens is 3. The number of hydrogen-bond acceptors (Lipinski definition) is 5. The second-order valence-electron chi connectivity index (χ2n) is 7.83. The Morgan fingerprint density at radius 3 is 2.22 bits per heavy atom. The molecule has 1 aromatic carbocycles. The van der Waals surface area contributed by atoms with Gasteiger partial charge in [-0.1, -0.05) is 70.6 Å². The standard InChI is InChI=1S/C19H27N5O2S/c1-11(2)14(16(25)21-17(20)26)27-18-23-22-15(24(18)6)12-7-9-13(10-8-12)19(3,4)5/h7-11,14H,1-6H3,(H3,20,21,25,26). The van der Waals surface area contributed by atoms with E-state index in [2.05, 4.69) is 48.4 Å². The fourth-order valence-electron chi connectivity index (χ4n) is 2.59. The second-order valence-corrected chi connectivity index (χ2v) is 8.94. The van der Waals surface area contributed by atoms with Crippen LogP contribution in [0.1, 0.15) is 40.2 Å². The van der Waals surface area contributed by atoms with E-state index in [4.69, 9.17) is 5.73 Å². The third kappa shape index (κ3) is 5.09. The minimum absolute atomic E-state index is 0.0134. The molecule has 3 amide bonds. The predicted octanol–water partition coefficient (Wildman–Crippen LogP) is 3.09. The van der Waals surface area contributed by atoms with Crippen LogP contribution in [0.25, 0.3) is 11.4 Å². The summed E-state index contributed by atoms with van der Waals surface area (Å²) in [5, 5.41) is 10.7. The molecule has 0 radical (unpaired) electrons. The number of nitrogens with one attached hydrogen (secondary N) is 1. The topological polar surface area (TPSA) is 103 Å². The fraction of sp³-hybridized carbons (Fsp3) is 0.474. The number of hydrogen-bond donors (Lipinski definition) is 2. The molecule has 1 heterocycles. The van der Waals surface area contributed by atoms with Gasteiger partial charge in [0.25, 0.3) is 0 Å². The molecule has 0 fully saturated rings. The molecule has 0 spiro atoms. The molecular weight excluding hydrogens is 362 g/mol. The lowest BCUT2D eigenvalue weighted by Gasteiger charge is -2.19. The van der Waals surface area contributed by atoms with Gasteiger partial charge in [-0.05, 0) is 16.9 Å². The van der Waals surface area contributed by atoms with Gasteiger partial charge in [-0.25, -0.2) is 4.79 Å². The van der Waals surface area contributed by atoms with Crippen molar-refractivity contribution in [1.29, 1.82) is 0 Å². The van der Waals surface area contributed by atoms with Crippen molar-refractivity contribution in [2.75, 3.05) is 0 Å². The number of carbonyl (C=O) groups is 2. The largest absolute Gasteiger partial charge is 0.351 e. The maximum atomic E-state index is 12.2. The maximum Gasteiger partial charge on any atom is 0.318 e. The lowest BCUT2D eigenvalue weighted by molar-refractivity contribution is -0.120. The highest BCUT2D eigenvalue weighted by Gasteiger charge is 2.27. The molecular formula is C19H27N5O2S. The number of imide groups is 1. The van der Waals surface area contributed by atoms with Crippen molar-refractivity contribution in [3.63, 3.8) is 0 Å². The van der Waals surface area contributed by atoms with Crippen LogP contribution in [0.2, 0.25) is 0 Å². The second kappa shape index (κ2) is 8.12. The number of rotatable bonds is 5. The zero-order valence-corrected chi connectivity index (χ0v) is 17.4. The number of thioether (sulfide) groups is 1. The number of amides is 3. The molecule has 7 nitrogen and oxygen atoms in total. The van der Waals surface area contributed by atoms with Crippen LogP contribution in [0.15, 0.2) is 29.4 Å². The van der Waals surface area contributed by atoms with E-state index in [0.717, 1.165) is 11.4 Å². The number of carbonyl (C=O) groups excluding carboxylic acids is 2. The normalized spacial score (nSPS) is 12.9. The molecule has 8 heteroatoms. The van der Waals surface area contributed by atoms with Crippen LogP contribution in [0.3, 0.4) is 0 Å². The van der Waals surface area contributed by atoms with E-state index in [1.54, 1.807) is 0 Å². The first-order valence-electron chi connectivity index (χ1n) is 8.78. The number of nitrogens with zero attached hydrogens (tertiary/aromatic N) is 3. The molecule has 27 heavy (non-hydrogen) atoms. The Bertz CT molecular complexity index is 822. The predicted molar refractivity (Wildman–Crippen MR) is 107 cm³/mol. The van der Waals surface area contributed by atoms with Gasteiger partial charge in [0, 0.05) is 12.6 Å². The molecule has 0 aliphatic heterocycles. The van der Waals surface area contributed by atoms with Crippen LogP contribution in [0, 0.1) is 5.92 Å². The molecule has 1 atom stereocenters. The van der Waals surface area contributed by atoms with E-state index in [9.17, 15) is 9.59 Å². The molecule has 0 saturated heterocycles. The van der Waals surface area contributed by atoms with E-state index in [1.807, 2.05) is 37.6 Å². The highest BCUT2D eigenvalue weighted by atomic mass is 32.2. The molecule has 0 saturated carbocycles. The van der Waals surface area contributed by atoms with E-state index in [1.165, 1.54) is 17.3 Å². The minimum Gasteiger partial charge on any atom is -0.351 e. The van der Waals surface area contributed by atoms with Gasteiger partial charge < -0.3 is 10.3 Å². The third-order valence-corrected chi connectivity index (χ3v) is 5.77. The lowest BCUT2D eigenvalue weighted by Crippen LogP contribution is -2.42. The van der Waals surface area contributed by atoms with Crippen molar-refractivity contribution in [1.82, 2.24) is 20.1 Å². The summed E-state index contributed by atoms with van der Waals surface area (Å²) in [6.45, 7) is 10.3. The smallest absolute Gasteiger partial charge is 0.318 e. The van der Waals surface area contributed by atoms with Crippen LogP contribution in [0.4, 0.5) is 4.79 Å². The van der Waals surface area contributed by atoms with Crippen LogP contribution in [-0.2, 0) is 17.3 Å². The maximum absolute atomic E-state index is 12.2. The molecule has 0 aliphatic carbocycles. The summed E-state index contributed by atoms with van der Waals surface area (Å²) >= 11 is 1.27. The van der Waals surface area contributed by atoms with Crippen molar-refractivity contribution in [2.24, 2.45) is 18.7 Å². The summed E-state index contributed by atoms with van der Waals surface area (Å²) in [5.41, 5.74) is 7.34. The lowest BCUT2D eigenvalue weighted by atomic mass is 9.87. The van der Waals surface area contributed by atoms with Crippen molar-refractivity contribution < 1.29 is 9.59 Å². The van der Waals surface area contributed by atoms with Crippen molar-refractivity contribution in [3.8, 4) is 11.4 Å². The van der Waals surface area contributed by atoms with Gasteiger partial charge in [-0.15, -0.1) is 10.2 Å². The fourth-order valence-corrected chi connectivity index (χ4v) is 3.58. The minimum atomic E-state index is -0.858.